The molecule has 3 nitrogen and oxygen atoms in total. The fourth-order valence-electron chi connectivity index (χ4n) is 2.34. The largest absolute Gasteiger partial charge is 0.301 e. The summed E-state index contributed by atoms with van der Waals surface area (Å²) in [6.45, 7) is 14.8. The molecule has 0 aliphatic carbocycles. The topological polar surface area (TPSA) is 39.1 Å². The first-order chi connectivity index (χ1) is 7.38. The first-order valence-corrected chi connectivity index (χ1v) is 6.31. The molecule has 0 aliphatic rings. The third-order valence-electron chi connectivity index (χ3n) is 2.99. The Labute approximate surface area is 101 Å². The molecular weight excluding hydrogens is 198 g/mol. The Bertz CT molecular complexity index is 228. The Hall–Kier alpha value is -0.590. The molecular formula is C13H27N3. The van der Waals surface area contributed by atoms with E-state index in [0.717, 1.165) is 19.5 Å². The van der Waals surface area contributed by atoms with E-state index < -0.39 is 5.54 Å². The molecule has 16 heavy (non-hydrogen) atoms. The van der Waals surface area contributed by atoms with E-state index in [4.69, 9.17) is 0 Å². The third-order valence-corrected chi connectivity index (χ3v) is 2.99. The lowest BCUT2D eigenvalue weighted by Gasteiger charge is -2.34. The Morgan fingerprint density at radius 2 is 1.75 bits per heavy atom. The van der Waals surface area contributed by atoms with E-state index >= 15 is 0 Å². The van der Waals surface area contributed by atoms with Crippen molar-refractivity contribution in [3.63, 3.8) is 0 Å². The molecule has 94 valence electrons. The molecule has 0 amide bonds. The lowest BCUT2D eigenvalue weighted by molar-refractivity contribution is 0.189. The van der Waals surface area contributed by atoms with Crippen LogP contribution in [-0.4, -0.2) is 35.6 Å². The van der Waals surface area contributed by atoms with Gasteiger partial charge in [0.15, 0.2) is 0 Å². The summed E-state index contributed by atoms with van der Waals surface area (Å²) in [5.74, 6) is 0. The maximum Gasteiger partial charge on any atom is 0.105 e. The van der Waals surface area contributed by atoms with Crippen LogP contribution in [0.5, 0.6) is 0 Å². The van der Waals surface area contributed by atoms with E-state index in [1.165, 1.54) is 0 Å². The molecule has 0 rings (SSSR count). The monoisotopic (exact) mass is 225 g/mol. The lowest BCUT2D eigenvalue weighted by Crippen LogP contribution is -2.49. The number of nitriles is 1. The zero-order valence-electron chi connectivity index (χ0n) is 11.7. The van der Waals surface area contributed by atoms with Crippen molar-refractivity contribution >= 4 is 0 Å². The van der Waals surface area contributed by atoms with Crippen LogP contribution < -0.4 is 5.32 Å². The van der Waals surface area contributed by atoms with Crippen LogP contribution in [0.1, 0.15) is 48.0 Å². The number of nitrogens with zero attached hydrogens (tertiary/aromatic N) is 2. The van der Waals surface area contributed by atoms with Gasteiger partial charge in [0.05, 0.1) is 6.07 Å². The summed E-state index contributed by atoms with van der Waals surface area (Å²) in [7, 11) is 0. The van der Waals surface area contributed by atoms with Crippen molar-refractivity contribution in [3.05, 3.63) is 0 Å². The second-order valence-corrected chi connectivity index (χ2v) is 5.02. The first kappa shape index (κ1) is 15.4. The summed E-state index contributed by atoms with van der Waals surface area (Å²) in [6, 6.07) is 3.18. The minimum absolute atomic E-state index is 0.341. The van der Waals surface area contributed by atoms with Crippen LogP contribution in [0.15, 0.2) is 0 Å². The predicted octanol–water partition coefficient (Wildman–Crippen LogP) is 2.39. The Kier molecular flexibility index (Phi) is 6.62. The van der Waals surface area contributed by atoms with Crippen LogP contribution in [0.2, 0.25) is 0 Å². The van der Waals surface area contributed by atoms with Gasteiger partial charge < -0.3 is 4.90 Å². The van der Waals surface area contributed by atoms with Crippen LogP contribution in [0, 0.1) is 11.3 Å². The highest BCUT2D eigenvalue weighted by molar-refractivity contribution is 5.06. The van der Waals surface area contributed by atoms with Crippen molar-refractivity contribution in [3.8, 4) is 6.07 Å². The maximum atomic E-state index is 9.28. The van der Waals surface area contributed by atoms with Crippen molar-refractivity contribution in [2.45, 2.75) is 65.6 Å². The molecule has 0 aromatic carbocycles. The first-order valence-electron chi connectivity index (χ1n) is 6.31. The van der Waals surface area contributed by atoms with E-state index in [0.29, 0.717) is 12.1 Å². The molecule has 0 aromatic heterocycles. The number of hydrogen-bond acceptors (Lipinski definition) is 3. The van der Waals surface area contributed by atoms with Crippen LogP contribution in [0.25, 0.3) is 0 Å². The van der Waals surface area contributed by atoms with Gasteiger partial charge in [0, 0.05) is 12.1 Å². The van der Waals surface area contributed by atoms with Crippen LogP contribution in [0.4, 0.5) is 0 Å². The number of hydrogen-bond donors (Lipinski definition) is 1. The second-order valence-electron chi connectivity index (χ2n) is 5.02. The standard InChI is InChI=1S/C13H27N3/c1-7-16(8-2)12(5)9-13(6,10-14)15-11(3)4/h11-12,15H,7-9H2,1-6H3. The van der Waals surface area contributed by atoms with Gasteiger partial charge in [0.1, 0.15) is 5.54 Å². The average Bonchev–Trinajstić information content (AvgIpc) is 2.18. The quantitative estimate of drug-likeness (QED) is 0.723. The Balaban J connectivity index is 4.47. The van der Waals surface area contributed by atoms with Crippen molar-refractivity contribution in [2.24, 2.45) is 0 Å². The van der Waals surface area contributed by atoms with Gasteiger partial charge >= 0.3 is 0 Å². The minimum atomic E-state index is -0.420. The fourth-order valence-corrected chi connectivity index (χ4v) is 2.34. The molecule has 0 saturated heterocycles. The highest BCUT2D eigenvalue weighted by atomic mass is 15.1. The molecule has 0 saturated carbocycles. The van der Waals surface area contributed by atoms with E-state index in [9.17, 15) is 5.26 Å². The molecule has 0 heterocycles. The molecule has 2 unspecified atom stereocenters. The molecule has 3 heteroatoms. The lowest BCUT2D eigenvalue weighted by atomic mass is 9.93. The van der Waals surface area contributed by atoms with Crippen molar-refractivity contribution in [2.75, 3.05) is 13.1 Å². The third kappa shape index (κ3) is 4.96. The van der Waals surface area contributed by atoms with E-state index in [1.807, 2.05) is 6.92 Å². The highest BCUT2D eigenvalue weighted by Gasteiger charge is 2.28. The number of nitrogens with one attached hydrogen (secondary N) is 1. The smallest absolute Gasteiger partial charge is 0.105 e. The normalized spacial score (nSPS) is 17.2. The molecule has 0 fully saturated rings. The van der Waals surface area contributed by atoms with Crippen molar-refractivity contribution in [1.29, 1.82) is 5.26 Å². The SMILES string of the molecule is CCN(CC)C(C)CC(C)(C#N)NC(C)C. The zero-order valence-corrected chi connectivity index (χ0v) is 11.7. The molecule has 0 radical (unpaired) electrons. The van der Waals surface area contributed by atoms with Crippen molar-refractivity contribution < 1.29 is 0 Å². The molecule has 2 atom stereocenters. The average molecular weight is 225 g/mol. The number of rotatable bonds is 7. The Morgan fingerprint density at radius 3 is 2.06 bits per heavy atom. The molecule has 0 aromatic rings. The van der Waals surface area contributed by atoms with E-state index in [2.05, 4.69) is 50.9 Å². The fraction of sp³-hybridized carbons (Fsp3) is 0.923. The van der Waals surface area contributed by atoms with Gasteiger partial charge in [-0.2, -0.15) is 5.26 Å². The summed E-state index contributed by atoms with van der Waals surface area (Å²) in [6.07, 6.45) is 0.864. The van der Waals surface area contributed by atoms with Crippen LogP contribution in [0.3, 0.4) is 0 Å². The maximum absolute atomic E-state index is 9.28. The van der Waals surface area contributed by atoms with Gasteiger partial charge in [-0.3, -0.25) is 5.32 Å². The summed E-state index contributed by atoms with van der Waals surface area (Å²) in [5, 5.41) is 12.6. The van der Waals surface area contributed by atoms with Gasteiger partial charge in [-0.15, -0.1) is 0 Å². The van der Waals surface area contributed by atoms with Gasteiger partial charge in [0.25, 0.3) is 0 Å². The van der Waals surface area contributed by atoms with E-state index in [1.54, 1.807) is 0 Å². The minimum Gasteiger partial charge on any atom is -0.301 e. The van der Waals surface area contributed by atoms with Gasteiger partial charge in [-0.05, 0) is 47.2 Å². The zero-order chi connectivity index (χ0) is 12.8. The van der Waals surface area contributed by atoms with Gasteiger partial charge in [0.2, 0.25) is 0 Å². The predicted molar refractivity (Wildman–Crippen MR) is 69.3 cm³/mol. The second kappa shape index (κ2) is 6.88. The Morgan fingerprint density at radius 1 is 1.25 bits per heavy atom. The summed E-state index contributed by atoms with van der Waals surface area (Å²) < 4.78 is 0. The molecule has 1 N–H and O–H groups in total. The summed E-state index contributed by atoms with van der Waals surface area (Å²) >= 11 is 0. The van der Waals surface area contributed by atoms with Gasteiger partial charge in [-0.25, -0.2) is 0 Å². The van der Waals surface area contributed by atoms with Gasteiger partial charge in [-0.1, -0.05) is 13.8 Å². The summed E-state index contributed by atoms with van der Waals surface area (Å²) in [4.78, 5) is 2.39. The van der Waals surface area contributed by atoms with Crippen molar-refractivity contribution in [1.82, 2.24) is 10.2 Å². The molecule has 0 spiro atoms. The molecule has 0 aliphatic heterocycles. The highest BCUT2D eigenvalue weighted by Crippen LogP contribution is 2.16. The molecule has 0 bridgehead atoms. The van der Waals surface area contributed by atoms with E-state index in [-0.39, 0.29) is 0 Å². The summed E-state index contributed by atoms with van der Waals surface area (Å²) in [5.41, 5.74) is -0.420. The van der Waals surface area contributed by atoms with Crippen LogP contribution in [-0.2, 0) is 0 Å². The van der Waals surface area contributed by atoms with Crippen LogP contribution >= 0.6 is 0 Å².